The van der Waals surface area contributed by atoms with Crippen LogP contribution in [0.5, 0.6) is 0 Å². The summed E-state index contributed by atoms with van der Waals surface area (Å²) in [6, 6.07) is 1.08. The number of carbonyl (C=O) groups excluding carboxylic acids is 2. The first kappa shape index (κ1) is 13.5. The van der Waals surface area contributed by atoms with E-state index in [1.165, 1.54) is 17.7 Å². The van der Waals surface area contributed by atoms with E-state index in [9.17, 15) is 14.4 Å². The van der Waals surface area contributed by atoms with Gasteiger partial charge >= 0.3 is 113 Å². The molecule has 0 bridgehead atoms. The van der Waals surface area contributed by atoms with Crippen LogP contribution in [0.1, 0.15) is 26.6 Å². The van der Waals surface area contributed by atoms with Crippen molar-refractivity contribution in [1.29, 1.82) is 0 Å². The van der Waals surface area contributed by atoms with E-state index in [-0.39, 0.29) is 12.3 Å². The standard InChI is InChI=1S/C11H10N2O5Se/c1-3-18-10(16)7-5-13-8(14)4-6(9(15)17-2)12-11(13)19-7/h4-5H,3H2,1-2H3. The molecule has 100 valence electrons. The summed E-state index contributed by atoms with van der Waals surface area (Å²) >= 11 is -0.463. The molecule has 0 saturated carbocycles. The fourth-order valence-electron chi connectivity index (χ4n) is 1.41. The molecule has 0 aromatic carbocycles. The maximum atomic E-state index is 11.8. The van der Waals surface area contributed by atoms with Gasteiger partial charge in [-0.15, -0.1) is 0 Å². The quantitative estimate of drug-likeness (QED) is 0.568. The van der Waals surface area contributed by atoms with Crippen LogP contribution in [-0.4, -0.2) is 49.5 Å². The number of hydrogen-bond donors (Lipinski definition) is 0. The number of methoxy groups -OCH3 is 1. The Hall–Kier alpha value is -1.92. The summed E-state index contributed by atoms with van der Waals surface area (Å²) < 4.78 is 11.4. The molecule has 2 rings (SSSR count). The van der Waals surface area contributed by atoms with Crippen molar-refractivity contribution >= 4 is 31.0 Å². The van der Waals surface area contributed by atoms with Crippen LogP contribution in [0.2, 0.25) is 0 Å². The van der Waals surface area contributed by atoms with Crippen LogP contribution in [0.3, 0.4) is 0 Å². The van der Waals surface area contributed by atoms with Gasteiger partial charge in [-0.2, -0.15) is 0 Å². The molecular weight excluding hydrogens is 319 g/mol. The third kappa shape index (κ3) is 2.59. The first-order valence-electron chi connectivity index (χ1n) is 5.35. The SMILES string of the molecule is CCOC(=O)c1cn2c(=O)cc(C(=O)OC)nc2[se]1. The summed E-state index contributed by atoms with van der Waals surface area (Å²) in [5.41, 5.74) is -0.481. The average Bonchev–Trinajstić information content (AvgIpc) is 2.82. The van der Waals surface area contributed by atoms with Gasteiger partial charge in [0.25, 0.3) is 0 Å². The number of fused-ring (bicyclic) bond motifs is 1. The van der Waals surface area contributed by atoms with Gasteiger partial charge in [-0.25, -0.2) is 0 Å². The molecule has 0 spiro atoms. The van der Waals surface area contributed by atoms with E-state index in [2.05, 4.69) is 9.72 Å². The van der Waals surface area contributed by atoms with Crippen molar-refractivity contribution in [3.8, 4) is 0 Å². The minimum absolute atomic E-state index is 0.0564. The summed E-state index contributed by atoms with van der Waals surface area (Å²) in [6.07, 6.45) is 1.41. The van der Waals surface area contributed by atoms with Crippen molar-refractivity contribution in [2.75, 3.05) is 13.7 Å². The summed E-state index contributed by atoms with van der Waals surface area (Å²) in [4.78, 5) is 38.8. The van der Waals surface area contributed by atoms with Crippen molar-refractivity contribution < 1.29 is 19.1 Å². The first-order valence-corrected chi connectivity index (χ1v) is 7.06. The Morgan fingerprint density at radius 1 is 1.42 bits per heavy atom. The van der Waals surface area contributed by atoms with Gasteiger partial charge in [-0.1, -0.05) is 0 Å². The number of ether oxygens (including phenoxy) is 2. The van der Waals surface area contributed by atoms with E-state index in [0.29, 0.717) is 8.96 Å². The average molecular weight is 329 g/mol. The van der Waals surface area contributed by atoms with Gasteiger partial charge in [0.2, 0.25) is 0 Å². The van der Waals surface area contributed by atoms with Crippen LogP contribution in [0.4, 0.5) is 0 Å². The number of nitrogens with zero attached hydrogens (tertiary/aromatic N) is 2. The molecule has 0 fully saturated rings. The topological polar surface area (TPSA) is 87.0 Å². The molecule has 2 aromatic heterocycles. The molecule has 0 radical (unpaired) electrons. The monoisotopic (exact) mass is 330 g/mol. The molecule has 19 heavy (non-hydrogen) atoms. The third-order valence-corrected chi connectivity index (χ3v) is 4.26. The van der Waals surface area contributed by atoms with Crippen LogP contribution >= 0.6 is 0 Å². The van der Waals surface area contributed by atoms with Crippen molar-refractivity contribution in [3.63, 3.8) is 0 Å². The Bertz CT molecular complexity index is 703. The zero-order valence-corrected chi connectivity index (χ0v) is 11.9. The van der Waals surface area contributed by atoms with Crippen molar-refractivity contribution in [3.05, 3.63) is 32.7 Å². The predicted octanol–water partition coefficient (Wildman–Crippen LogP) is -0.285. The molecule has 0 amide bonds. The van der Waals surface area contributed by atoms with E-state index >= 15 is 0 Å². The van der Waals surface area contributed by atoms with Crippen molar-refractivity contribution in [2.45, 2.75) is 6.92 Å². The Morgan fingerprint density at radius 3 is 2.79 bits per heavy atom. The van der Waals surface area contributed by atoms with Gasteiger partial charge in [0.05, 0.1) is 0 Å². The molecule has 0 saturated heterocycles. The van der Waals surface area contributed by atoms with Gasteiger partial charge in [-0.05, 0) is 0 Å². The molecule has 2 aromatic rings. The van der Waals surface area contributed by atoms with Gasteiger partial charge in [0.1, 0.15) is 0 Å². The number of carbonyl (C=O) groups is 2. The molecule has 2 heterocycles. The van der Waals surface area contributed by atoms with Crippen LogP contribution in [0, 0.1) is 0 Å². The molecule has 0 aliphatic heterocycles. The predicted molar refractivity (Wildman–Crippen MR) is 65.7 cm³/mol. The molecule has 0 unspecified atom stereocenters. The fraction of sp³-hybridized carbons (Fsp3) is 0.273. The van der Waals surface area contributed by atoms with Gasteiger partial charge in [0, 0.05) is 0 Å². The Morgan fingerprint density at radius 2 is 2.16 bits per heavy atom. The van der Waals surface area contributed by atoms with Crippen LogP contribution in [-0.2, 0) is 9.47 Å². The molecule has 0 aliphatic rings. The van der Waals surface area contributed by atoms with Gasteiger partial charge in [0.15, 0.2) is 0 Å². The second-order valence-electron chi connectivity index (χ2n) is 3.44. The second-order valence-corrected chi connectivity index (χ2v) is 5.56. The Kier molecular flexibility index (Phi) is 3.82. The number of esters is 2. The molecule has 8 heteroatoms. The number of aromatic nitrogens is 2. The summed E-state index contributed by atoms with van der Waals surface area (Å²) in [6.45, 7) is 1.96. The number of rotatable bonds is 3. The van der Waals surface area contributed by atoms with E-state index in [1.807, 2.05) is 0 Å². The molecule has 0 atom stereocenters. The number of hydrogen-bond acceptors (Lipinski definition) is 6. The van der Waals surface area contributed by atoms with Crippen LogP contribution in [0.25, 0.3) is 4.52 Å². The fourth-order valence-corrected chi connectivity index (χ4v) is 3.26. The first-order chi connectivity index (χ1) is 9.06. The van der Waals surface area contributed by atoms with Crippen molar-refractivity contribution in [2.24, 2.45) is 0 Å². The van der Waals surface area contributed by atoms with Gasteiger partial charge in [-0.3, -0.25) is 0 Å². The summed E-state index contributed by atoms with van der Waals surface area (Å²) in [7, 11) is 1.21. The molecular formula is C11H10N2O5Se. The Balaban J connectivity index is 2.54. The van der Waals surface area contributed by atoms with E-state index in [4.69, 9.17) is 4.74 Å². The zero-order valence-electron chi connectivity index (χ0n) is 10.2. The Labute approximate surface area is 113 Å². The van der Waals surface area contributed by atoms with E-state index < -0.39 is 32.0 Å². The normalized spacial score (nSPS) is 10.4. The van der Waals surface area contributed by atoms with E-state index in [0.717, 1.165) is 6.07 Å². The summed E-state index contributed by atoms with van der Waals surface area (Å²) in [5.74, 6) is -1.15. The van der Waals surface area contributed by atoms with Crippen LogP contribution < -0.4 is 5.56 Å². The summed E-state index contributed by atoms with van der Waals surface area (Å²) in [5, 5.41) is 0. The van der Waals surface area contributed by atoms with Gasteiger partial charge < -0.3 is 0 Å². The molecule has 0 aliphatic carbocycles. The zero-order chi connectivity index (χ0) is 14.0. The molecule has 0 N–H and O–H groups in total. The third-order valence-electron chi connectivity index (χ3n) is 2.24. The van der Waals surface area contributed by atoms with E-state index in [1.54, 1.807) is 6.92 Å². The van der Waals surface area contributed by atoms with Crippen molar-refractivity contribution in [1.82, 2.24) is 9.38 Å². The minimum atomic E-state index is -0.680. The maximum absolute atomic E-state index is 11.8. The van der Waals surface area contributed by atoms with Crippen LogP contribution in [0.15, 0.2) is 17.1 Å². The second kappa shape index (κ2) is 5.38. The molecule has 7 nitrogen and oxygen atoms in total.